The number of halogens is 1. The van der Waals surface area contributed by atoms with Crippen LogP contribution in [0.5, 0.6) is 5.75 Å². The first-order valence-electron chi connectivity index (χ1n) is 5.64. The lowest BCUT2D eigenvalue weighted by Crippen LogP contribution is -2.30. The maximum atomic E-state index is 12.2. The van der Waals surface area contributed by atoms with E-state index in [4.69, 9.17) is 4.74 Å². The van der Waals surface area contributed by atoms with E-state index in [2.05, 4.69) is 26.0 Å². The van der Waals surface area contributed by atoms with E-state index in [1.54, 1.807) is 13.1 Å². The number of fused-ring (bicyclic) bond motifs is 1. The Balaban J connectivity index is 2.33. The van der Waals surface area contributed by atoms with Crippen molar-refractivity contribution in [1.29, 1.82) is 0 Å². The van der Waals surface area contributed by atoms with E-state index in [1.165, 1.54) is 0 Å². The molecule has 0 bridgehead atoms. The van der Waals surface area contributed by atoms with E-state index < -0.39 is 10.0 Å². The largest absolute Gasteiger partial charge is 0.492 e. The second kappa shape index (κ2) is 5.56. The average Bonchev–Trinajstić information content (AvgIpc) is 2.75. The fourth-order valence-corrected chi connectivity index (χ4v) is 3.72. The van der Waals surface area contributed by atoms with Crippen LogP contribution in [0.3, 0.4) is 0 Å². The van der Waals surface area contributed by atoms with Gasteiger partial charge in [0.15, 0.2) is 0 Å². The molecular formula is C11H15BrN2O3S. The third-order valence-corrected chi connectivity index (χ3v) is 4.60. The van der Waals surface area contributed by atoms with Gasteiger partial charge in [0.05, 0.1) is 6.61 Å². The topological polar surface area (TPSA) is 67.4 Å². The van der Waals surface area contributed by atoms with Gasteiger partial charge in [-0.15, -0.1) is 0 Å². The predicted molar refractivity (Wildman–Crippen MR) is 72.5 cm³/mol. The van der Waals surface area contributed by atoms with Crippen molar-refractivity contribution in [2.45, 2.75) is 11.3 Å². The summed E-state index contributed by atoms with van der Waals surface area (Å²) in [6, 6.07) is 3.47. The summed E-state index contributed by atoms with van der Waals surface area (Å²) >= 11 is 3.33. The average molecular weight is 335 g/mol. The standard InChI is InChI=1S/C11H15BrN2O3S/c1-13-3-4-14-18(15,16)10-7-9(12)6-8-2-5-17-11(8)10/h6-7,13-14H,2-5H2,1H3. The molecule has 0 unspecified atom stereocenters. The number of benzene rings is 1. The second-order valence-corrected chi connectivity index (χ2v) is 6.64. The zero-order chi connectivity index (χ0) is 13.2. The maximum absolute atomic E-state index is 12.2. The van der Waals surface area contributed by atoms with Gasteiger partial charge >= 0.3 is 0 Å². The van der Waals surface area contributed by atoms with E-state index in [0.717, 1.165) is 16.5 Å². The van der Waals surface area contributed by atoms with E-state index in [9.17, 15) is 8.42 Å². The van der Waals surface area contributed by atoms with Gasteiger partial charge in [-0.2, -0.15) is 0 Å². The van der Waals surface area contributed by atoms with Gasteiger partial charge in [-0.3, -0.25) is 0 Å². The zero-order valence-corrected chi connectivity index (χ0v) is 12.4. The number of hydrogen-bond donors (Lipinski definition) is 2. The summed E-state index contributed by atoms with van der Waals surface area (Å²) in [6.45, 7) is 1.46. The first-order valence-corrected chi connectivity index (χ1v) is 7.91. The summed E-state index contributed by atoms with van der Waals surface area (Å²) in [4.78, 5) is 0.209. The van der Waals surface area contributed by atoms with Crippen LogP contribution in [0.15, 0.2) is 21.5 Å². The Bertz CT molecular complexity index is 545. The fraction of sp³-hybridized carbons (Fsp3) is 0.455. The van der Waals surface area contributed by atoms with E-state index in [1.807, 2.05) is 6.07 Å². The molecule has 1 aromatic rings. The minimum absolute atomic E-state index is 0.209. The van der Waals surface area contributed by atoms with Crippen molar-refractivity contribution in [2.24, 2.45) is 0 Å². The molecule has 0 radical (unpaired) electrons. The molecule has 18 heavy (non-hydrogen) atoms. The van der Waals surface area contributed by atoms with Crippen LogP contribution in [0.4, 0.5) is 0 Å². The van der Waals surface area contributed by atoms with Crippen LogP contribution in [0.25, 0.3) is 0 Å². The Morgan fingerprint density at radius 2 is 2.17 bits per heavy atom. The van der Waals surface area contributed by atoms with E-state index in [-0.39, 0.29) is 4.90 Å². The molecule has 1 aliphatic heterocycles. The predicted octanol–water partition coefficient (Wildman–Crippen LogP) is 0.882. The molecule has 0 spiro atoms. The van der Waals surface area contributed by atoms with Crippen molar-refractivity contribution in [3.63, 3.8) is 0 Å². The van der Waals surface area contributed by atoms with Crippen molar-refractivity contribution in [3.05, 3.63) is 22.2 Å². The summed E-state index contributed by atoms with van der Waals surface area (Å²) in [5.41, 5.74) is 0.929. The molecule has 100 valence electrons. The lowest BCUT2D eigenvalue weighted by atomic mass is 10.2. The van der Waals surface area contributed by atoms with Crippen molar-refractivity contribution in [1.82, 2.24) is 10.0 Å². The van der Waals surface area contributed by atoms with Crippen LogP contribution in [0, 0.1) is 0 Å². The zero-order valence-electron chi connectivity index (χ0n) is 9.99. The Morgan fingerprint density at radius 1 is 1.39 bits per heavy atom. The molecule has 2 rings (SSSR count). The summed E-state index contributed by atoms with van der Waals surface area (Å²) < 4.78 is 33.1. The number of ether oxygens (including phenoxy) is 1. The van der Waals surface area contributed by atoms with Crippen LogP contribution in [0.1, 0.15) is 5.56 Å². The molecule has 1 aliphatic rings. The van der Waals surface area contributed by atoms with Crippen molar-refractivity contribution >= 4 is 26.0 Å². The number of likely N-dealkylation sites (N-methyl/N-ethyl adjacent to an activating group) is 1. The molecule has 5 nitrogen and oxygen atoms in total. The van der Waals surface area contributed by atoms with Crippen LogP contribution in [-0.4, -0.2) is 35.2 Å². The van der Waals surface area contributed by atoms with Crippen molar-refractivity contribution in [3.8, 4) is 5.75 Å². The molecule has 1 aromatic carbocycles. The van der Waals surface area contributed by atoms with Crippen molar-refractivity contribution in [2.75, 3.05) is 26.7 Å². The molecule has 2 N–H and O–H groups in total. The smallest absolute Gasteiger partial charge is 0.244 e. The van der Waals surface area contributed by atoms with Gasteiger partial charge < -0.3 is 10.1 Å². The number of hydrogen-bond acceptors (Lipinski definition) is 4. The van der Waals surface area contributed by atoms with Crippen LogP contribution in [0.2, 0.25) is 0 Å². The molecule has 0 fully saturated rings. The number of rotatable bonds is 5. The summed E-state index contributed by atoms with van der Waals surface area (Å²) in [7, 11) is -1.75. The Morgan fingerprint density at radius 3 is 2.89 bits per heavy atom. The van der Waals surface area contributed by atoms with Gasteiger partial charge in [-0.05, 0) is 19.2 Å². The lowest BCUT2D eigenvalue weighted by molar-refractivity contribution is 0.348. The maximum Gasteiger partial charge on any atom is 0.244 e. The third-order valence-electron chi connectivity index (χ3n) is 2.67. The first-order chi connectivity index (χ1) is 8.54. The van der Waals surface area contributed by atoms with E-state index >= 15 is 0 Å². The summed E-state index contributed by atoms with van der Waals surface area (Å²) in [6.07, 6.45) is 0.744. The molecule has 0 saturated carbocycles. The summed E-state index contributed by atoms with van der Waals surface area (Å²) in [5.74, 6) is 0.482. The van der Waals surface area contributed by atoms with E-state index in [0.29, 0.717) is 25.4 Å². The van der Waals surface area contributed by atoms with Crippen LogP contribution in [-0.2, 0) is 16.4 Å². The van der Waals surface area contributed by atoms with Gasteiger partial charge in [0, 0.05) is 29.5 Å². The normalized spacial score (nSPS) is 14.3. The molecule has 0 aliphatic carbocycles. The molecule has 0 atom stereocenters. The van der Waals surface area contributed by atoms with Gasteiger partial charge in [-0.1, -0.05) is 15.9 Å². The minimum Gasteiger partial charge on any atom is -0.492 e. The van der Waals surface area contributed by atoms with Crippen molar-refractivity contribution < 1.29 is 13.2 Å². The highest BCUT2D eigenvalue weighted by Crippen LogP contribution is 2.35. The monoisotopic (exact) mass is 334 g/mol. The number of nitrogens with one attached hydrogen (secondary N) is 2. The second-order valence-electron chi connectivity index (χ2n) is 3.99. The highest BCUT2D eigenvalue weighted by Gasteiger charge is 2.25. The van der Waals surface area contributed by atoms with Gasteiger partial charge in [-0.25, -0.2) is 13.1 Å². The highest BCUT2D eigenvalue weighted by molar-refractivity contribution is 9.10. The molecule has 0 saturated heterocycles. The summed E-state index contributed by atoms with van der Waals surface area (Å²) in [5, 5.41) is 2.89. The fourth-order valence-electron chi connectivity index (χ4n) is 1.82. The number of sulfonamides is 1. The third kappa shape index (κ3) is 2.85. The Hall–Kier alpha value is -0.630. The Labute approximate surface area is 115 Å². The van der Waals surface area contributed by atoms with Gasteiger partial charge in [0.25, 0.3) is 0 Å². The highest BCUT2D eigenvalue weighted by atomic mass is 79.9. The molecule has 0 aromatic heterocycles. The van der Waals surface area contributed by atoms with Crippen LogP contribution >= 0.6 is 15.9 Å². The molecule has 0 amide bonds. The Kier molecular flexibility index (Phi) is 4.26. The quantitative estimate of drug-likeness (QED) is 0.784. The van der Waals surface area contributed by atoms with Gasteiger partial charge in [0.2, 0.25) is 10.0 Å². The molecule has 1 heterocycles. The SMILES string of the molecule is CNCCNS(=O)(=O)c1cc(Br)cc2c1OCC2. The lowest BCUT2D eigenvalue weighted by Gasteiger charge is -2.11. The molecule has 7 heteroatoms. The van der Waals surface area contributed by atoms with Gasteiger partial charge in [0.1, 0.15) is 10.6 Å². The molecular weight excluding hydrogens is 320 g/mol. The minimum atomic E-state index is -3.53. The first kappa shape index (κ1) is 13.8. The van der Waals surface area contributed by atoms with Crippen LogP contribution < -0.4 is 14.8 Å².